The number of nitrogens with zero attached hydrogens (tertiary/aromatic N) is 1. The minimum atomic E-state index is -3.70. The molecule has 112 valence electrons. The van der Waals surface area contributed by atoms with E-state index in [-0.39, 0.29) is 35.5 Å². The van der Waals surface area contributed by atoms with Crippen LogP contribution in [0.15, 0.2) is 29.2 Å². The van der Waals surface area contributed by atoms with E-state index in [4.69, 9.17) is 5.73 Å². The first-order chi connectivity index (χ1) is 8.96. The molecule has 0 bridgehead atoms. The van der Waals surface area contributed by atoms with Crippen LogP contribution in [0, 0.1) is 0 Å². The number of carbonyl (C=O) groups excluding carboxylic acids is 1. The molecule has 8 heteroatoms. The predicted octanol–water partition coefficient (Wildman–Crippen LogP) is 0.617. The molecule has 0 radical (unpaired) electrons. The fourth-order valence-corrected chi connectivity index (χ4v) is 3.77. The lowest BCUT2D eigenvalue weighted by Crippen LogP contribution is -2.32. The molecule has 1 aromatic rings. The van der Waals surface area contributed by atoms with E-state index in [1.807, 2.05) is 0 Å². The summed E-state index contributed by atoms with van der Waals surface area (Å²) in [5, 5.41) is 0. The molecule has 1 unspecified atom stereocenters. The van der Waals surface area contributed by atoms with Crippen molar-refractivity contribution in [2.24, 2.45) is 5.73 Å². The van der Waals surface area contributed by atoms with Crippen LogP contribution in [0.4, 0.5) is 0 Å². The molecule has 0 spiro atoms. The van der Waals surface area contributed by atoms with Gasteiger partial charge in [-0.2, -0.15) is 4.31 Å². The summed E-state index contributed by atoms with van der Waals surface area (Å²) in [6.45, 7) is 0.650. The Morgan fingerprint density at radius 3 is 2.60 bits per heavy atom. The SMILES string of the molecule is COC(=O)c1ccccc1S(=O)(=O)N1CCC(N)C1.Cl. The molecular formula is C12H17ClN2O4S. The maximum Gasteiger partial charge on any atom is 0.339 e. The van der Waals surface area contributed by atoms with Crippen LogP contribution in [0.2, 0.25) is 0 Å². The number of sulfonamides is 1. The van der Waals surface area contributed by atoms with Crippen molar-refractivity contribution in [2.75, 3.05) is 20.2 Å². The van der Waals surface area contributed by atoms with Gasteiger partial charge in [-0.1, -0.05) is 12.1 Å². The number of hydrogen-bond donors (Lipinski definition) is 1. The van der Waals surface area contributed by atoms with Crippen molar-refractivity contribution in [1.29, 1.82) is 0 Å². The Hall–Kier alpha value is -1.15. The molecule has 1 atom stereocenters. The monoisotopic (exact) mass is 320 g/mol. The number of rotatable bonds is 3. The maximum atomic E-state index is 12.5. The van der Waals surface area contributed by atoms with Gasteiger partial charge in [-0.15, -0.1) is 12.4 Å². The van der Waals surface area contributed by atoms with Crippen molar-refractivity contribution in [3.05, 3.63) is 29.8 Å². The zero-order valence-corrected chi connectivity index (χ0v) is 12.6. The van der Waals surface area contributed by atoms with E-state index in [1.165, 1.54) is 23.5 Å². The van der Waals surface area contributed by atoms with Crippen molar-refractivity contribution in [3.63, 3.8) is 0 Å². The number of esters is 1. The van der Waals surface area contributed by atoms with E-state index in [9.17, 15) is 13.2 Å². The zero-order chi connectivity index (χ0) is 14.0. The summed E-state index contributed by atoms with van der Waals surface area (Å²) in [7, 11) is -2.49. The summed E-state index contributed by atoms with van der Waals surface area (Å²) in [4.78, 5) is 11.6. The van der Waals surface area contributed by atoms with E-state index >= 15 is 0 Å². The third-order valence-electron chi connectivity index (χ3n) is 3.10. The number of nitrogens with two attached hydrogens (primary N) is 1. The molecular weight excluding hydrogens is 304 g/mol. The van der Waals surface area contributed by atoms with Crippen molar-refractivity contribution in [3.8, 4) is 0 Å². The van der Waals surface area contributed by atoms with Crippen molar-refractivity contribution in [2.45, 2.75) is 17.4 Å². The highest BCUT2D eigenvalue weighted by molar-refractivity contribution is 7.89. The van der Waals surface area contributed by atoms with Gasteiger partial charge in [0.15, 0.2) is 0 Å². The Balaban J connectivity index is 0.00000200. The lowest BCUT2D eigenvalue weighted by Gasteiger charge is -2.17. The highest BCUT2D eigenvalue weighted by Crippen LogP contribution is 2.23. The number of methoxy groups -OCH3 is 1. The van der Waals surface area contributed by atoms with Gasteiger partial charge in [0.05, 0.1) is 17.6 Å². The van der Waals surface area contributed by atoms with E-state index in [0.29, 0.717) is 13.0 Å². The van der Waals surface area contributed by atoms with Crippen molar-refractivity contribution < 1.29 is 17.9 Å². The normalized spacial score (nSPS) is 19.4. The molecule has 1 saturated heterocycles. The fraction of sp³-hybridized carbons (Fsp3) is 0.417. The first kappa shape index (κ1) is 16.9. The third-order valence-corrected chi connectivity index (χ3v) is 5.02. The third kappa shape index (κ3) is 3.12. The van der Waals surface area contributed by atoms with Gasteiger partial charge in [0, 0.05) is 19.1 Å². The van der Waals surface area contributed by atoms with Crippen LogP contribution >= 0.6 is 12.4 Å². The Morgan fingerprint density at radius 2 is 2.05 bits per heavy atom. The summed E-state index contributed by atoms with van der Waals surface area (Å²) in [6, 6.07) is 5.87. The summed E-state index contributed by atoms with van der Waals surface area (Å²) in [5.41, 5.74) is 5.77. The summed E-state index contributed by atoms with van der Waals surface area (Å²) in [5.74, 6) is -0.664. The quantitative estimate of drug-likeness (QED) is 0.824. The Morgan fingerprint density at radius 1 is 1.40 bits per heavy atom. The molecule has 1 aliphatic heterocycles. The molecule has 1 aromatic carbocycles. The molecule has 0 saturated carbocycles. The second-order valence-corrected chi connectivity index (χ2v) is 6.31. The topological polar surface area (TPSA) is 89.7 Å². The van der Waals surface area contributed by atoms with Crippen LogP contribution in [0.5, 0.6) is 0 Å². The number of carbonyl (C=O) groups is 1. The summed E-state index contributed by atoms with van der Waals surface area (Å²) >= 11 is 0. The molecule has 1 aliphatic rings. The molecule has 0 amide bonds. The molecule has 2 N–H and O–H groups in total. The molecule has 2 rings (SSSR count). The van der Waals surface area contributed by atoms with Gasteiger partial charge in [-0.25, -0.2) is 13.2 Å². The Labute approximate surface area is 124 Å². The Kier molecular flexibility index (Phi) is 5.52. The van der Waals surface area contributed by atoms with Crippen molar-refractivity contribution in [1.82, 2.24) is 4.31 Å². The van der Waals surface area contributed by atoms with Crippen molar-refractivity contribution >= 4 is 28.4 Å². The first-order valence-corrected chi connectivity index (χ1v) is 7.34. The summed E-state index contributed by atoms with van der Waals surface area (Å²) < 4.78 is 30.9. The largest absolute Gasteiger partial charge is 0.465 e. The van der Waals surface area contributed by atoms with Gasteiger partial charge < -0.3 is 10.5 Å². The molecule has 6 nitrogen and oxygen atoms in total. The van der Waals surface area contributed by atoms with Crippen LogP contribution in [0.1, 0.15) is 16.8 Å². The number of ether oxygens (including phenoxy) is 1. The highest BCUT2D eigenvalue weighted by Gasteiger charge is 2.33. The minimum Gasteiger partial charge on any atom is -0.465 e. The van der Waals surface area contributed by atoms with Crippen LogP contribution < -0.4 is 5.73 Å². The van der Waals surface area contributed by atoms with E-state index in [0.717, 1.165) is 0 Å². The smallest absolute Gasteiger partial charge is 0.339 e. The minimum absolute atomic E-state index is 0. The zero-order valence-electron chi connectivity index (χ0n) is 11.0. The van der Waals surface area contributed by atoms with Gasteiger partial charge >= 0.3 is 5.97 Å². The second-order valence-electron chi connectivity index (χ2n) is 4.40. The number of halogens is 1. The lowest BCUT2D eigenvalue weighted by molar-refractivity contribution is 0.0596. The molecule has 20 heavy (non-hydrogen) atoms. The standard InChI is InChI=1S/C12H16N2O4S.ClH/c1-18-12(15)10-4-2-3-5-11(10)19(16,17)14-7-6-9(13)8-14;/h2-5,9H,6-8,13H2,1H3;1H. The lowest BCUT2D eigenvalue weighted by atomic mass is 10.2. The number of benzene rings is 1. The van der Waals surface area contributed by atoms with Gasteiger partial charge in [0.25, 0.3) is 0 Å². The first-order valence-electron chi connectivity index (χ1n) is 5.90. The summed E-state index contributed by atoms with van der Waals surface area (Å²) in [6.07, 6.45) is 0.625. The van der Waals surface area contributed by atoms with Gasteiger partial charge in [-0.05, 0) is 18.6 Å². The average molecular weight is 321 g/mol. The molecule has 1 fully saturated rings. The fourth-order valence-electron chi connectivity index (χ4n) is 2.08. The van der Waals surface area contributed by atoms with Gasteiger partial charge in [-0.3, -0.25) is 0 Å². The van der Waals surface area contributed by atoms with Crippen LogP contribution in [-0.4, -0.2) is 44.9 Å². The van der Waals surface area contributed by atoms with Crippen LogP contribution in [0.3, 0.4) is 0 Å². The Bertz CT molecular complexity index is 591. The van der Waals surface area contributed by atoms with E-state index in [2.05, 4.69) is 4.74 Å². The highest BCUT2D eigenvalue weighted by atomic mass is 35.5. The van der Waals surface area contributed by atoms with Crippen LogP contribution in [0.25, 0.3) is 0 Å². The maximum absolute atomic E-state index is 12.5. The average Bonchev–Trinajstić information content (AvgIpc) is 2.85. The van der Waals surface area contributed by atoms with E-state index in [1.54, 1.807) is 12.1 Å². The number of hydrogen-bond acceptors (Lipinski definition) is 5. The molecule has 0 aromatic heterocycles. The predicted molar refractivity (Wildman–Crippen MR) is 76.4 cm³/mol. The molecule has 1 heterocycles. The van der Waals surface area contributed by atoms with Gasteiger partial charge in [0.2, 0.25) is 10.0 Å². The van der Waals surface area contributed by atoms with E-state index < -0.39 is 16.0 Å². The van der Waals surface area contributed by atoms with Crippen LogP contribution in [-0.2, 0) is 14.8 Å². The molecule has 0 aliphatic carbocycles. The van der Waals surface area contributed by atoms with Gasteiger partial charge in [0.1, 0.15) is 0 Å². The second kappa shape index (κ2) is 6.53.